The molecule has 3 heterocycles. The maximum atomic E-state index is 13.0. The van der Waals surface area contributed by atoms with Crippen molar-refractivity contribution < 1.29 is 9.18 Å². The Hall–Kier alpha value is -2.96. The van der Waals surface area contributed by atoms with E-state index in [1.807, 2.05) is 17.2 Å². The molecule has 1 aliphatic heterocycles. The second-order valence-electron chi connectivity index (χ2n) is 7.51. The molecule has 0 aliphatic carbocycles. The van der Waals surface area contributed by atoms with Crippen molar-refractivity contribution in [3.8, 4) is 0 Å². The number of urea groups is 1. The first-order valence-electron chi connectivity index (χ1n) is 9.62. The maximum absolute atomic E-state index is 13.0. The Balaban J connectivity index is 1.45. The van der Waals surface area contributed by atoms with Crippen LogP contribution in [0.5, 0.6) is 0 Å². The van der Waals surface area contributed by atoms with E-state index >= 15 is 0 Å². The van der Waals surface area contributed by atoms with E-state index in [0.717, 1.165) is 28.8 Å². The molecule has 0 saturated carbocycles. The molecule has 28 heavy (non-hydrogen) atoms. The minimum absolute atomic E-state index is 0.0966. The number of imidazole rings is 1. The standard InChI is InChI=1S/C21H24FN5O/c1-14(2)27-19-12-23-9-7-18(19)25-20(27)16-8-10-26(13-16)21(28)24-11-15-3-5-17(22)6-4-15/h3-7,9,12,14,16H,8,10-11,13H2,1-2H3,(H,24,28)/t16-/m1/s1. The van der Waals surface area contributed by atoms with Gasteiger partial charge in [0.05, 0.1) is 17.2 Å². The van der Waals surface area contributed by atoms with Crippen LogP contribution < -0.4 is 5.32 Å². The number of fused-ring (bicyclic) bond motifs is 1. The lowest BCUT2D eigenvalue weighted by atomic mass is 10.1. The van der Waals surface area contributed by atoms with Gasteiger partial charge in [-0.25, -0.2) is 14.2 Å². The Morgan fingerprint density at radius 1 is 1.29 bits per heavy atom. The number of likely N-dealkylation sites (tertiary alicyclic amines) is 1. The van der Waals surface area contributed by atoms with E-state index in [4.69, 9.17) is 4.98 Å². The number of amides is 2. The molecule has 0 spiro atoms. The Bertz CT molecular complexity index is 982. The highest BCUT2D eigenvalue weighted by Gasteiger charge is 2.31. The van der Waals surface area contributed by atoms with Crippen LogP contribution in [-0.2, 0) is 6.54 Å². The molecule has 6 nitrogen and oxygen atoms in total. The zero-order valence-corrected chi connectivity index (χ0v) is 16.1. The third kappa shape index (κ3) is 3.56. The molecule has 146 valence electrons. The molecular formula is C21H24FN5O. The van der Waals surface area contributed by atoms with Gasteiger partial charge in [0, 0.05) is 37.8 Å². The molecule has 7 heteroatoms. The van der Waals surface area contributed by atoms with Crippen molar-refractivity contribution in [1.29, 1.82) is 0 Å². The van der Waals surface area contributed by atoms with Gasteiger partial charge in [0.2, 0.25) is 0 Å². The number of nitrogens with zero attached hydrogens (tertiary/aromatic N) is 4. The van der Waals surface area contributed by atoms with Crippen molar-refractivity contribution in [2.75, 3.05) is 13.1 Å². The van der Waals surface area contributed by atoms with Gasteiger partial charge in [0.1, 0.15) is 11.6 Å². The fraction of sp³-hybridized carbons (Fsp3) is 0.381. The summed E-state index contributed by atoms with van der Waals surface area (Å²) in [4.78, 5) is 23.5. The first kappa shape index (κ1) is 18.4. The van der Waals surface area contributed by atoms with Gasteiger partial charge in [-0.05, 0) is 44.0 Å². The van der Waals surface area contributed by atoms with Crippen LogP contribution in [0.4, 0.5) is 9.18 Å². The molecule has 1 saturated heterocycles. The van der Waals surface area contributed by atoms with Gasteiger partial charge >= 0.3 is 6.03 Å². The number of aromatic nitrogens is 3. The summed E-state index contributed by atoms with van der Waals surface area (Å²) >= 11 is 0. The molecule has 4 rings (SSSR count). The van der Waals surface area contributed by atoms with E-state index in [1.54, 1.807) is 18.3 Å². The second kappa shape index (κ2) is 7.58. The monoisotopic (exact) mass is 381 g/mol. The summed E-state index contributed by atoms with van der Waals surface area (Å²) in [6.45, 7) is 5.99. The SMILES string of the molecule is CC(C)n1c([C@@H]2CCN(C(=O)NCc3ccc(F)cc3)C2)nc2ccncc21. The fourth-order valence-electron chi connectivity index (χ4n) is 3.84. The van der Waals surface area contributed by atoms with E-state index in [2.05, 4.69) is 28.7 Å². The van der Waals surface area contributed by atoms with E-state index in [0.29, 0.717) is 19.6 Å². The predicted octanol–water partition coefficient (Wildman–Crippen LogP) is 3.85. The highest BCUT2D eigenvalue weighted by Crippen LogP contribution is 2.31. The lowest BCUT2D eigenvalue weighted by molar-refractivity contribution is 0.207. The minimum atomic E-state index is -0.277. The third-order valence-corrected chi connectivity index (χ3v) is 5.23. The van der Waals surface area contributed by atoms with Crippen LogP contribution in [0.1, 0.15) is 43.6 Å². The smallest absolute Gasteiger partial charge is 0.317 e. The van der Waals surface area contributed by atoms with Crippen LogP contribution in [-0.4, -0.2) is 38.6 Å². The number of pyridine rings is 1. The summed E-state index contributed by atoms with van der Waals surface area (Å²) in [5, 5.41) is 2.92. The molecule has 1 atom stereocenters. The summed E-state index contributed by atoms with van der Waals surface area (Å²) in [6, 6.07) is 8.27. The molecule has 0 unspecified atom stereocenters. The number of hydrogen-bond donors (Lipinski definition) is 1. The predicted molar refractivity (Wildman–Crippen MR) is 105 cm³/mol. The molecule has 1 fully saturated rings. The fourth-order valence-corrected chi connectivity index (χ4v) is 3.84. The first-order valence-corrected chi connectivity index (χ1v) is 9.62. The molecule has 3 aromatic rings. The normalized spacial score (nSPS) is 16.9. The van der Waals surface area contributed by atoms with Gasteiger partial charge in [-0.3, -0.25) is 4.98 Å². The topological polar surface area (TPSA) is 63.1 Å². The Kier molecular flexibility index (Phi) is 4.98. The summed E-state index contributed by atoms with van der Waals surface area (Å²) in [7, 11) is 0. The average Bonchev–Trinajstić information content (AvgIpc) is 3.32. The number of hydrogen-bond acceptors (Lipinski definition) is 3. The maximum Gasteiger partial charge on any atom is 0.317 e. The highest BCUT2D eigenvalue weighted by molar-refractivity contribution is 5.76. The average molecular weight is 381 g/mol. The van der Waals surface area contributed by atoms with E-state index < -0.39 is 0 Å². The van der Waals surface area contributed by atoms with Gasteiger partial charge in [-0.15, -0.1) is 0 Å². The van der Waals surface area contributed by atoms with Gasteiger partial charge in [0.15, 0.2) is 0 Å². The third-order valence-electron chi connectivity index (χ3n) is 5.23. The van der Waals surface area contributed by atoms with Crippen molar-refractivity contribution in [3.05, 3.63) is 59.9 Å². The van der Waals surface area contributed by atoms with Crippen molar-refractivity contribution >= 4 is 17.1 Å². The van der Waals surface area contributed by atoms with Crippen LogP contribution in [0.15, 0.2) is 42.7 Å². The van der Waals surface area contributed by atoms with Gasteiger partial charge in [-0.1, -0.05) is 12.1 Å². The molecule has 1 aromatic carbocycles. The Morgan fingerprint density at radius 3 is 2.82 bits per heavy atom. The molecule has 0 radical (unpaired) electrons. The minimum Gasteiger partial charge on any atom is -0.334 e. The molecular weight excluding hydrogens is 357 g/mol. The zero-order valence-electron chi connectivity index (χ0n) is 16.1. The molecule has 1 N–H and O–H groups in total. The van der Waals surface area contributed by atoms with Crippen LogP contribution in [0, 0.1) is 5.82 Å². The summed E-state index contributed by atoms with van der Waals surface area (Å²) < 4.78 is 15.2. The number of nitrogens with one attached hydrogen (secondary N) is 1. The lowest BCUT2D eigenvalue weighted by Gasteiger charge is -2.19. The zero-order chi connectivity index (χ0) is 19.7. The summed E-state index contributed by atoms with van der Waals surface area (Å²) in [5.41, 5.74) is 2.85. The summed E-state index contributed by atoms with van der Waals surface area (Å²) in [5.74, 6) is 0.943. The number of rotatable bonds is 4. The molecule has 2 aromatic heterocycles. The van der Waals surface area contributed by atoms with Gasteiger partial charge in [0.25, 0.3) is 0 Å². The van der Waals surface area contributed by atoms with Crippen LogP contribution >= 0.6 is 0 Å². The molecule has 0 bridgehead atoms. The van der Waals surface area contributed by atoms with Crippen LogP contribution in [0.25, 0.3) is 11.0 Å². The number of carbonyl (C=O) groups is 1. The van der Waals surface area contributed by atoms with Crippen molar-refractivity contribution in [1.82, 2.24) is 24.8 Å². The molecule has 1 aliphatic rings. The van der Waals surface area contributed by atoms with Crippen molar-refractivity contribution in [2.24, 2.45) is 0 Å². The largest absolute Gasteiger partial charge is 0.334 e. The Labute approximate surface area is 163 Å². The van der Waals surface area contributed by atoms with E-state index in [1.165, 1.54) is 12.1 Å². The van der Waals surface area contributed by atoms with Crippen molar-refractivity contribution in [3.63, 3.8) is 0 Å². The van der Waals surface area contributed by atoms with Crippen molar-refractivity contribution in [2.45, 2.75) is 38.8 Å². The van der Waals surface area contributed by atoms with Crippen LogP contribution in [0.2, 0.25) is 0 Å². The second-order valence-corrected chi connectivity index (χ2v) is 7.51. The van der Waals surface area contributed by atoms with E-state index in [9.17, 15) is 9.18 Å². The number of carbonyl (C=O) groups excluding carboxylic acids is 1. The molecule has 2 amide bonds. The number of halogens is 1. The quantitative estimate of drug-likeness (QED) is 0.747. The highest BCUT2D eigenvalue weighted by atomic mass is 19.1. The van der Waals surface area contributed by atoms with Crippen LogP contribution in [0.3, 0.4) is 0 Å². The summed E-state index contributed by atoms with van der Waals surface area (Å²) in [6.07, 6.45) is 4.50. The Morgan fingerprint density at radius 2 is 2.07 bits per heavy atom. The van der Waals surface area contributed by atoms with Gasteiger partial charge in [-0.2, -0.15) is 0 Å². The van der Waals surface area contributed by atoms with E-state index in [-0.39, 0.29) is 23.8 Å². The number of benzene rings is 1. The van der Waals surface area contributed by atoms with Gasteiger partial charge < -0.3 is 14.8 Å². The first-order chi connectivity index (χ1) is 13.5. The lowest BCUT2D eigenvalue weighted by Crippen LogP contribution is -2.38.